The molecule has 1 aliphatic heterocycles. The molecule has 1 N–H and O–H groups in total. The van der Waals surface area contributed by atoms with Crippen LogP contribution in [0.4, 0.5) is 5.82 Å². The van der Waals surface area contributed by atoms with Gasteiger partial charge in [-0.15, -0.1) is 0 Å². The molecule has 0 saturated carbocycles. The number of aryl methyl sites for hydroxylation is 2. The van der Waals surface area contributed by atoms with E-state index in [1.807, 2.05) is 29.9 Å². The summed E-state index contributed by atoms with van der Waals surface area (Å²) in [6, 6.07) is 5.60. The minimum Gasteiger partial charge on any atom is -0.480 e. The van der Waals surface area contributed by atoms with Crippen molar-refractivity contribution in [3.8, 4) is 11.4 Å². The molecule has 20 heavy (non-hydrogen) atoms. The molecule has 0 saturated heterocycles. The smallest absolute Gasteiger partial charge is 0.323 e. The average Bonchev–Trinajstić information content (AvgIpc) is 2.98. The third-order valence-corrected chi connectivity index (χ3v) is 3.37. The number of carbonyl (C=O) groups is 2. The average molecular weight is 274 g/mol. The van der Waals surface area contributed by atoms with Gasteiger partial charge in [0.1, 0.15) is 18.1 Å². The molecule has 0 atom stereocenters. The SMILES string of the molecule is Cn1cccc1-c1cc2n(n1)CCC(=O)N2CC(=O)O. The third kappa shape index (κ3) is 1.97. The van der Waals surface area contributed by atoms with Gasteiger partial charge in [-0.25, -0.2) is 4.68 Å². The zero-order valence-corrected chi connectivity index (χ0v) is 11.0. The van der Waals surface area contributed by atoms with Gasteiger partial charge in [-0.1, -0.05) is 0 Å². The van der Waals surface area contributed by atoms with E-state index in [4.69, 9.17) is 5.11 Å². The number of nitrogens with zero attached hydrogens (tertiary/aromatic N) is 4. The van der Waals surface area contributed by atoms with Gasteiger partial charge in [-0.05, 0) is 12.1 Å². The summed E-state index contributed by atoms with van der Waals surface area (Å²) in [5.74, 6) is -0.675. The number of aromatic nitrogens is 3. The first-order valence-corrected chi connectivity index (χ1v) is 6.28. The standard InChI is InChI=1S/C13H14N4O3/c1-15-5-2-3-10(15)9-7-11-16(8-13(19)20)12(18)4-6-17(11)14-9/h2-3,5,7H,4,6,8H2,1H3,(H,19,20). The molecule has 7 nitrogen and oxygen atoms in total. The van der Waals surface area contributed by atoms with Gasteiger partial charge >= 0.3 is 5.97 Å². The van der Waals surface area contributed by atoms with E-state index in [9.17, 15) is 9.59 Å². The van der Waals surface area contributed by atoms with Crippen molar-refractivity contribution < 1.29 is 14.7 Å². The number of carbonyl (C=O) groups excluding carboxylic acids is 1. The minimum absolute atomic E-state index is 0.182. The maximum atomic E-state index is 11.9. The van der Waals surface area contributed by atoms with Crippen LogP contribution >= 0.6 is 0 Å². The number of rotatable bonds is 3. The van der Waals surface area contributed by atoms with Crippen LogP contribution in [0, 0.1) is 0 Å². The Labute approximate surface area is 115 Å². The summed E-state index contributed by atoms with van der Waals surface area (Å²) in [6.45, 7) is 0.145. The molecule has 1 amide bonds. The molecule has 0 unspecified atom stereocenters. The molecular formula is C13H14N4O3. The molecule has 1 aliphatic rings. The van der Waals surface area contributed by atoms with Gasteiger partial charge in [0, 0.05) is 25.7 Å². The molecule has 7 heteroatoms. The van der Waals surface area contributed by atoms with E-state index in [1.54, 1.807) is 10.7 Å². The van der Waals surface area contributed by atoms with Crippen molar-refractivity contribution in [2.75, 3.05) is 11.4 Å². The van der Waals surface area contributed by atoms with Gasteiger partial charge in [0.2, 0.25) is 5.91 Å². The van der Waals surface area contributed by atoms with Crippen LogP contribution in [0.25, 0.3) is 11.4 Å². The fourth-order valence-corrected chi connectivity index (χ4v) is 2.41. The summed E-state index contributed by atoms with van der Waals surface area (Å²) in [5, 5.41) is 13.4. The normalized spacial score (nSPS) is 14.4. The van der Waals surface area contributed by atoms with Crippen molar-refractivity contribution in [1.82, 2.24) is 14.3 Å². The van der Waals surface area contributed by atoms with Gasteiger partial charge in [-0.2, -0.15) is 5.10 Å². The number of carboxylic acids is 1. The number of anilines is 1. The summed E-state index contributed by atoms with van der Waals surface area (Å²) in [4.78, 5) is 24.0. The van der Waals surface area contributed by atoms with Crippen LogP contribution in [0.1, 0.15) is 6.42 Å². The Kier molecular flexibility index (Phi) is 2.81. The molecule has 0 aliphatic carbocycles. The number of carboxylic acid groups (broad SMARTS) is 1. The Hall–Kier alpha value is -2.57. The van der Waals surface area contributed by atoms with E-state index < -0.39 is 5.97 Å². The highest BCUT2D eigenvalue weighted by Gasteiger charge is 2.28. The predicted octanol–water partition coefficient (Wildman–Crippen LogP) is 0.710. The Morgan fingerprint density at radius 2 is 2.30 bits per heavy atom. The number of amides is 1. The number of hydrogen-bond acceptors (Lipinski definition) is 3. The first-order chi connectivity index (χ1) is 9.56. The fraction of sp³-hybridized carbons (Fsp3) is 0.308. The minimum atomic E-state index is -1.03. The summed E-state index contributed by atoms with van der Waals surface area (Å²) >= 11 is 0. The zero-order valence-electron chi connectivity index (χ0n) is 11.0. The predicted molar refractivity (Wildman–Crippen MR) is 71.2 cm³/mol. The Bertz CT molecular complexity index is 686. The lowest BCUT2D eigenvalue weighted by Gasteiger charge is -2.25. The van der Waals surface area contributed by atoms with Crippen molar-refractivity contribution in [3.05, 3.63) is 24.4 Å². The van der Waals surface area contributed by atoms with Crippen molar-refractivity contribution >= 4 is 17.7 Å². The van der Waals surface area contributed by atoms with Crippen LogP contribution in [0.2, 0.25) is 0 Å². The van der Waals surface area contributed by atoms with Crippen molar-refractivity contribution in [1.29, 1.82) is 0 Å². The second kappa shape index (κ2) is 4.52. The zero-order chi connectivity index (χ0) is 14.3. The van der Waals surface area contributed by atoms with Crippen LogP contribution in [0.3, 0.4) is 0 Å². The quantitative estimate of drug-likeness (QED) is 0.893. The highest BCUT2D eigenvalue weighted by Crippen LogP contribution is 2.27. The molecule has 0 fully saturated rings. The van der Waals surface area contributed by atoms with Crippen LogP contribution in [0.15, 0.2) is 24.4 Å². The van der Waals surface area contributed by atoms with Gasteiger partial charge in [0.15, 0.2) is 0 Å². The summed E-state index contributed by atoms with van der Waals surface area (Å²) in [6.07, 6.45) is 2.18. The second-order valence-electron chi connectivity index (χ2n) is 4.74. The fourth-order valence-electron chi connectivity index (χ4n) is 2.41. The Morgan fingerprint density at radius 3 is 2.95 bits per heavy atom. The van der Waals surface area contributed by atoms with E-state index in [0.29, 0.717) is 12.4 Å². The van der Waals surface area contributed by atoms with Crippen molar-refractivity contribution in [2.45, 2.75) is 13.0 Å². The highest BCUT2D eigenvalue weighted by atomic mass is 16.4. The monoisotopic (exact) mass is 274 g/mol. The molecule has 2 aromatic rings. The third-order valence-electron chi connectivity index (χ3n) is 3.37. The molecular weight excluding hydrogens is 260 g/mol. The largest absolute Gasteiger partial charge is 0.480 e. The van der Waals surface area contributed by atoms with Gasteiger partial charge < -0.3 is 9.67 Å². The van der Waals surface area contributed by atoms with E-state index in [1.165, 1.54) is 4.90 Å². The number of fused-ring (bicyclic) bond motifs is 1. The van der Waals surface area contributed by atoms with Crippen LogP contribution in [-0.2, 0) is 23.2 Å². The van der Waals surface area contributed by atoms with Gasteiger partial charge in [0.05, 0.1) is 12.2 Å². The highest BCUT2D eigenvalue weighted by molar-refractivity contribution is 5.98. The summed E-state index contributed by atoms with van der Waals surface area (Å²) in [7, 11) is 1.91. The maximum Gasteiger partial charge on any atom is 0.323 e. The molecule has 0 bridgehead atoms. The molecule has 0 radical (unpaired) electrons. The van der Waals surface area contributed by atoms with Gasteiger partial charge in [-0.3, -0.25) is 14.5 Å². The van der Waals surface area contributed by atoms with Crippen molar-refractivity contribution in [3.63, 3.8) is 0 Å². The Morgan fingerprint density at radius 1 is 1.50 bits per heavy atom. The van der Waals surface area contributed by atoms with Gasteiger partial charge in [0.25, 0.3) is 0 Å². The maximum absolute atomic E-state index is 11.9. The summed E-state index contributed by atoms with van der Waals surface area (Å²) < 4.78 is 3.62. The molecule has 2 aromatic heterocycles. The second-order valence-corrected chi connectivity index (χ2v) is 4.74. The molecule has 0 spiro atoms. The summed E-state index contributed by atoms with van der Waals surface area (Å²) in [5.41, 5.74) is 1.66. The number of aliphatic carboxylic acids is 1. The van der Waals surface area contributed by atoms with E-state index >= 15 is 0 Å². The lowest BCUT2D eigenvalue weighted by atomic mass is 10.2. The van der Waals surface area contributed by atoms with Crippen LogP contribution in [0.5, 0.6) is 0 Å². The van der Waals surface area contributed by atoms with E-state index in [0.717, 1.165) is 11.4 Å². The van der Waals surface area contributed by atoms with Crippen LogP contribution in [-0.4, -0.2) is 37.9 Å². The van der Waals surface area contributed by atoms with Crippen molar-refractivity contribution in [2.24, 2.45) is 7.05 Å². The van der Waals surface area contributed by atoms with E-state index in [2.05, 4.69) is 5.10 Å². The lowest BCUT2D eigenvalue weighted by molar-refractivity contribution is -0.136. The molecule has 3 heterocycles. The lowest BCUT2D eigenvalue weighted by Crippen LogP contribution is -2.40. The number of hydrogen-bond donors (Lipinski definition) is 1. The van der Waals surface area contributed by atoms with Crippen LogP contribution < -0.4 is 4.90 Å². The first kappa shape index (κ1) is 12.5. The molecule has 104 valence electrons. The van der Waals surface area contributed by atoms with E-state index in [-0.39, 0.29) is 18.9 Å². The first-order valence-electron chi connectivity index (χ1n) is 6.28. The molecule has 3 rings (SSSR count). The topological polar surface area (TPSA) is 80.4 Å². The Balaban J connectivity index is 2.03. The molecule has 0 aromatic carbocycles.